The van der Waals surface area contributed by atoms with Gasteiger partial charge in [-0.2, -0.15) is 13.2 Å². The molecular weight excluding hydrogens is 352 g/mol. The van der Waals surface area contributed by atoms with Gasteiger partial charge in [0.2, 0.25) is 0 Å². The maximum Gasteiger partial charge on any atom is 0.389 e. The molecule has 23 heavy (non-hydrogen) atoms. The Morgan fingerprint density at radius 3 is 2.39 bits per heavy atom. The highest BCUT2D eigenvalue weighted by Gasteiger charge is 2.32. The van der Waals surface area contributed by atoms with E-state index in [1.165, 1.54) is 0 Å². The van der Waals surface area contributed by atoms with Crippen LogP contribution in [0.3, 0.4) is 0 Å². The van der Waals surface area contributed by atoms with Crippen LogP contribution in [0.1, 0.15) is 30.0 Å². The number of phenolic OH excluding ortho intramolecular Hbond substituents is 1. The van der Waals surface area contributed by atoms with E-state index < -0.39 is 18.6 Å². The molecule has 0 saturated carbocycles. The predicted molar refractivity (Wildman–Crippen MR) is 89.8 cm³/mol. The molecule has 1 fully saturated rings. The first-order valence-corrected chi connectivity index (χ1v) is 7.18. The molecule has 1 aliphatic rings. The van der Waals surface area contributed by atoms with Gasteiger partial charge in [-0.05, 0) is 18.9 Å². The zero-order valence-corrected chi connectivity index (χ0v) is 14.5. The number of phenols is 1. The second-order valence-electron chi connectivity index (χ2n) is 5.47. The first-order chi connectivity index (χ1) is 9.88. The van der Waals surface area contributed by atoms with Crippen molar-refractivity contribution in [3.63, 3.8) is 0 Å². The van der Waals surface area contributed by atoms with Gasteiger partial charge in [0.25, 0.3) is 0 Å². The predicted octanol–water partition coefficient (Wildman–Crippen LogP) is 3.83. The van der Waals surface area contributed by atoms with E-state index in [4.69, 9.17) is 0 Å². The fourth-order valence-corrected chi connectivity index (χ4v) is 2.78. The quantitative estimate of drug-likeness (QED) is 0.840. The minimum absolute atomic E-state index is 0. The summed E-state index contributed by atoms with van der Waals surface area (Å²) in [6, 6.07) is 4.88. The van der Waals surface area contributed by atoms with Crippen molar-refractivity contribution >= 4 is 24.8 Å². The fraction of sp³-hybridized carbons (Fsp3) is 0.600. The van der Waals surface area contributed by atoms with E-state index in [0.717, 1.165) is 13.1 Å². The minimum Gasteiger partial charge on any atom is -0.507 e. The van der Waals surface area contributed by atoms with E-state index in [0.29, 0.717) is 24.2 Å². The lowest BCUT2D eigenvalue weighted by Gasteiger charge is -2.36. The maximum atomic E-state index is 12.6. The molecule has 2 N–H and O–H groups in total. The Labute approximate surface area is 147 Å². The smallest absolute Gasteiger partial charge is 0.389 e. The first kappa shape index (κ1) is 22.3. The number of aromatic hydroxyl groups is 1. The van der Waals surface area contributed by atoms with E-state index in [1.807, 2.05) is 4.90 Å². The van der Waals surface area contributed by atoms with Crippen LogP contribution in [0.2, 0.25) is 0 Å². The normalized spacial score (nSPS) is 17.0. The summed E-state index contributed by atoms with van der Waals surface area (Å²) >= 11 is 0. The number of nitrogens with zero attached hydrogens (tertiary/aromatic N) is 1. The highest BCUT2D eigenvalue weighted by molar-refractivity contribution is 5.85. The summed E-state index contributed by atoms with van der Waals surface area (Å²) in [4.78, 5) is 2.02. The van der Waals surface area contributed by atoms with Crippen LogP contribution in [-0.4, -0.2) is 42.4 Å². The Morgan fingerprint density at radius 2 is 1.83 bits per heavy atom. The van der Waals surface area contributed by atoms with Gasteiger partial charge in [0.15, 0.2) is 0 Å². The molecule has 8 heteroatoms. The molecule has 3 nitrogen and oxygen atoms in total. The number of aryl methyl sites for hydroxylation is 1. The third-order valence-corrected chi connectivity index (χ3v) is 3.92. The maximum absolute atomic E-state index is 12.6. The minimum atomic E-state index is -4.17. The fourth-order valence-electron chi connectivity index (χ4n) is 2.78. The van der Waals surface area contributed by atoms with Gasteiger partial charge < -0.3 is 10.4 Å². The lowest BCUT2D eigenvalue weighted by atomic mass is 9.96. The summed E-state index contributed by atoms with van der Waals surface area (Å²) < 4.78 is 37.8. The number of halogens is 5. The largest absolute Gasteiger partial charge is 0.507 e. The van der Waals surface area contributed by atoms with E-state index >= 15 is 0 Å². The monoisotopic (exact) mass is 374 g/mol. The summed E-state index contributed by atoms with van der Waals surface area (Å²) in [5.41, 5.74) is 1.29. The number of hydrogen-bond donors (Lipinski definition) is 2. The molecule has 1 aromatic rings. The van der Waals surface area contributed by atoms with Crippen LogP contribution < -0.4 is 5.32 Å². The molecular formula is C15H23Cl2F3N2O. The van der Waals surface area contributed by atoms with Crippen molar-refractivity contribution < 1.29 is 18.3 Å². The van der Waals surface area contributed by atoms with Crippen molar-refractivity contribution in [3.8, 4) is 5.75 Å². The lowest BCUT2D eigenvalue weighted by Crippen LogP contribution is -2.45. The molecule has 1 saturated heterocycles. The summed E-state index contributed by atoms with van der Waals surface area (Å²) in [6.07, 6.45) is -5.04. The number of alkyl halides is 3. The zero-order chi connectivity index (χ0) is 15.5. The van der Waals surface area contributed by atoms with E-state index in [-0.39, 0.29) is 37.0 Å². The van der Waals surface area contributed by atoms with Crippen LogP contribution in [-0.2, 0) is 0 Å². The van der Waals surface area contributed by atoms with Crippen LogP contribution in [0.4, 0.5) is 13.2 Å². The molecule has 0 aliphatic carbocycles. The first-order valence-electron chi connectivity index (χ1n) is 7.18. The number of rotatable bonds is 4. The average Bonchev–Trinajstić information content (AvgIpc) is 2.43. The Kier molecular flexibility index (Phi) is 9.28. The number of hydrogen-bond acceptors (Lipinski definition) is 3. The summed E-state index contributed by atoms with van der Waals surface area (Å²) in [7, 11) is 0. The Balaban J connectivity index is 0.00000242. The highest BCUT2D eigenvalue weighted by atomic mass is 35.5. The standard InChI is InChI=1S/C15H21F3N2O.2ClH/c1-11-3-2-4-12(14(11)21)13(5-6-15(16,17)18)20-9-7-19-8-10-20;;/h2-4,13,19,21H,5-10H2,1H3;2*1H/t13-;;/m1../s1. The van der Waals surface area contributed by atoms with E-state index in [9.17, 15) is 18.3 Å². The van der Waals surface area contributed by atoms with Gasteiger partial charge in [-0.15, -0.1) is 24.8 Å². The van der Waals surface area contributed by atoms with Crippen molar-refractivity contribution in [1.29, 1.82) is 0 Å². The Morgan fingerprint density at radius 1 is 1.22 bits per heavy atom. The van der Waals surface area contributed by atoms with Gasteiger partial charge in [-0.1, -0.05) is 18.2 Å². The molecule has 0 unspecified atom stereocenters. The van der Waals surface area contributed by atoms with E-state index in [2.05, 4.69) is 5.32 Å². The van der Waals surface area contributed by atoms with Gasteiger partial charge in [0, 0.05) is 44.2 Å². The molecule has 1 heterocycles. The number of nitrogens with one attached hydrogen (secondary N) is 1. The summed E-state index contributed by atoms with van der Waals surface area (Å²) in [5, 5.41) is 13.4. The van der Waals surface area contributed by atoms with Gasteiger partial charge in [0.05, 0.1) is 0 Å². The molecule has 0 spiro atoms. The van der Waals surface area contributed by atoms with Crippen LogP contribution in [0.5, 0.6) is 5.75 Å². The van der Waals surface area contributed by atoms with Gasteiger partial charge in [0.1, 0.15) is 5.75 Å². The summed E-state index contributed by atoms with van der Waals surface area (Å²) in [5.74, 6) is 0.114. The molecule has 2 rings (SSSR count). The van der Waals surface area contributed by atoms with Crippen LogP contribution in [0.15, 0.2) is 18.2 Å². The van der Waals surface area contributed by atoms with Gasteiger partial charge >= 0.3 is 6.18 Å². The van der Waals surface area contributed by atoms with Crippen LogP contribution >= 0.6 is 24.8 Å². The number of piperazine rings is 1. The van der Waals surface area contributed by atoms with Gasteiger partial charge in [-0.3, -0.25) is 4.90 Å². The number of benzene rings is 1. The molecule has 0 aromatic heterocycles. The summed E-state index contributed by atoms with van der Waals surface area (Å²) in [6.45, 7) is 4.66. The average molecular weight is 375 g/mol. The topological polar surface area (TPSA) is 35.5 Å². The lowest BCUT2D eigenvalue weighted by molar-refractivity contribution is -0.138. The van der Waals surface area contributed by atoms with Crippen LogP contribution in [0, 0.1) is 6.92 Å². The molecule has 1 aliphatic heterocycles. The molecule has 1 atom stereocenters. The molecule has 0 radical (unpaired) electrons. The highest BCUT2D eigenvalue weighted by Crippen LogP contribution is 2.36. The SMILES string of the molecule is Cc1cccc([C@@H](CCC(F)(F)F)N2CCNCC2)c1O.Cl.Cl. The van der Waals surface area contributed by atoms with Crippen molar-refractivity contribution in [2.75, 3.05) is 26.2 Å². The second-order valence-corrected chi connectivity index (χ2v) is 5.47. The van der Waals surface area contributed by atoms with Crippen molar-refractivity contribution in [2.45, 2.75) is 32.0 Å². The third-order valence-electron chi connectivity index (χ3n) is 3.92. The second kappa shape index (κ2) is 9.57. The van der Waals surface area contributed by atoms with Gasteiger partial charge in [-0.25, -0.2) is 0 Å². The van der Waals surface area contributed by atoms with E-state index in [1.54, 1.807) is 25.1 Å². The molecule has 0 amide bonds. The molecule has 0 bridgehead atoms. The Hall–Kier alpha value is -0.690. The number of para-hydroxylation sites is 1. The zero-order valence-electron chi connectivity index (χ0n) is 12.9. The van der Waals surface area contributed by atoms with Crippen molar-refractivity contribution in [2.24, 2.45) is 0 Å². The van der Waals surface area contributed by atoms with Crippen molar-refractivity contribution in [1.82, 2.24) is 10.2 Å². The molecule has 1 aromatic carbocycles. The molecule has 134 valence electrons. The van der Waals surface area contributed by atoms with Crippen LogP contribution in [0.25, 0.3) is 0 Å². The van der Waals surface area contributed by atoms with Crippen molar-refractivity contribution in [3.05, 3.63) is 29.3 Å². The third kappa shape index (κ3) is 6.37. The Bertz CT molecular complexity index is 480.